The van der Waals surface area contributed by atoms with Crippen LogP contribution in [-0.4, -0.2) is 52.4 Å². The van der Waals surface area contributed by atoms with Gasteiger partial charge in [0.05, 0.1) is 11.9 Å². The van der Waals surface area contributed by atoms with Crippen LogP contribution in [0.15, 0.2) is 6.20 Å². The maximum Gasteiger partial charge on any atom is 0.339 e. The van der Waals surface area contributed by atoms with E-state index in [2.05, 4.69) is 22.4 Å². The molecular weight excluding hydrogens is 244 g/mol. The Labute approximate surface area is 113 Å². The highest BCUT2D eigenvalue weighted by molar-refractivity contribution is 5.88. The van der Waals surface area contributed by atoms with Crippen LogP contribution in [0, 0.1) is 5.92 Å². The van der Waals surface area contributed by atoms with Crippen LogP contribution in [0.25, 0.3) is 0 Å². The molecule has 1 atom stereocenters. The zero-order chi connectivity index (χ0) is 13.8. The Hall–Kier alpha value is -1.40. The van der Waals surface area contributed by atoms with Crippen LogP contribution in [0.1, 0.15) is 28.9 Å². The normalized spacial score (nSPS) is 20.6. The molecule has 6 nitrogen and oxygen atoms in total. The zero-order valence-electron chi connectivity index (χ0n) is 11.6. The van der Waals surface area contributed by atoms with Crippen LogP contribution in [0.4, 0.5) is 0 Å². The third-order valence-corrected chi connectivity index (χ3v) is 3.74. The zero-order valence-corrected chi connectivity index (χ0v) is 11.6. The molecule has 0 amide bonds. The Bertz CT molecular complexity index is 444. The number of carbonyl (C=O) groups is 1. The number of aryl methyl sites for hydroxylation is 1. The Morgan fingerprint density at radius 2 is 2.37 bits per heavy atom. The highest BCUT2D eigenvalue weighted by Gasteiger charge is 2.18. The second-order valence-electron chi connectivity index (χ2n) is 5.34. The summed E-state index contributed by atoms with van der Waals surface area (Å²) in [4.78, 5) is 13.4. The van der Waals surface area contributed by atoms with E-state index in [0.29, 0.717) is 12.5 Å². The molecule has 1 aliphatic heterocycles. The molecule has 0 bridgehead atoms. The van der Waals surface area contributed by atoms with Gasteiger partial charge >= 0.3 is 5.97 Å². The van der Waals surface area contributed by atoms with Crippen molar-refractivity contribution < 1.29 is 9.90 Å². The summed E-state index contributed by atoms with van der Waals surface area (Å²) >= 11 is 0. The quantitative estimate of drug-likeness (QED) is 0.814. The summed E-state index contributed by atoms with van der Waals surface area (Å²) in [6.45, 7) is 3.78. The predicted molar refractivity (Wildman–Crippen MR) is 72.1 cm³/mol. The SMILES string of the molecule is CN1CCCC(CNCc2c(C(=O)O)cnn2C)C1. The van der Waals surface area contributed by atoms with Gasteiger partial charge in [0.2, 0.25) is 0 Å². The molecule has 2 heterocycles. The fourth-order valence-corrected chi connectivity index (χ4v) is 2.69. The third kappa shape index (κ3) is 3.54. The van der Waals surface area contributed by atoms with Gasteiger partial charge in [-0.2, -0.15) is 5.10 Å². The highest BCUT2D eigenvalue weighted by Crippen LogP contribution is 2.14. The van der Waals surface area contributed by atoms with E-state index in [1.54, 1.807) is 11.7 Å². The number of nitrogens with one attached hydrogen (secondary N) is 1. The smallest absolute Gasteiger partial charge is 0.339 e. The topological polar surface area (TPSA) is 70.4 Å². The predicted octanol–water partition coefficient (Wildman–Crippen LogP) is 0.550. The summed E-state index contributed by atoms with van der Waals surface area (Å²) in [5.74, 6) is -0.262. The van der Waals surface area contributed by atoms with Crippen LogP contribution < -0.4 is 5.32 Å². The van der Waals surface area contributed by atoms with E-state index < -0.39 is 5.97 Å². The monoisotopic (exact) mass is 266 g/mol. The van der Waals surface area contributed by atoms with Gasteiger partial charge in [-0.3, -0.25) is 4.68 Å². The van der Waals surface area contributed by atoms with Gasteiger partial charge in [0.1, 0.15) is 5.56 Å². The van der Waals surface area contributed by atoms with Gasteiger partial charge in [-0.25, -0.2) is 4.79 Å². The Kier molecular flexibility index (Phi) is 4.55. The van der Waals surface area contributed by atoms with Crippen molar-refractivity contribution >= 4 is 5.97 Å². The lowest BCUT2D eigenvalue weighted by atomic mass is 9.98. The first-order valence-electron chi connectivity index (χ1n) is 6.71. The van der Waals surface area contributed by atoms with Crippen LogP contribution in [-0.2, 0) is 13.6 Å². The lowest BCUT2D eigenvalue weighted by molar-refractivity contribution is 0.0695. The Morgan fingerprint density at radius 1 is 1.58 bits per heavy atom. The number of nitrogens with zero attached hydrogens (tertiary/aromatic N) is 3. The van der Waals surface area contributed by atoms with Crippen LogP contribution in [0.3, 0.4) is 0 Å². The van der Waals surface area contributed by atoms with Crippen molar-refractivity contribution in [2.45, 2.75) is 19.4 Å². The summed E-state index contributed by atoms with van der Waals surface area (Å²) in [7, 11) is 3.92. The number of aromatic carboxylic acids is 1. The standard InChI is InChI=1S/C13H22N4O2/c1-16-5-3-4-10(9-16)6-14-8-12-11(13(18)19)7-15-17(12)2/h7,10,14H,3-6,8-9H2,1-2H3,(H,18,19). The van der Waals surface area contributed by atoms with Gasteiger partial charge in [-0.1, -0.05) is 0 Å². The largest absolute Gasteiger partial charge is 0.478 e. The summed E-state index contributed by atoms with van der Waals surface area (Å²) in [5, 5.41) is 16.4. The van der Waals surface area contributed by atoms with Gasteiger partial charge < -0.3 is 15.3 Å². The summed E-state index contributed by atoms with van der Waals surface area (Å²) in [5.41, 5.74) is 1.02. The second kappa shape index (κ2) is 6.16. The average molecular weight is 266 g/mol. The molecule has 0 aromatic carbocycles. The van der Waals surface area contributed by atoms with Crippen molar-refractivity contribution in [3.8, 4) is 0 Å². The number of carboxylic acids is 1. The lowest BCUT2D eigenvalue weighted by Gasteiger charge is -2.29. The van der Waals surface area contributed by atoms with E-state index in [0.717, 1.165) is 18.8 Å². The molecular formula is C13H22N4O2. The maximum absolute atomic E-state index is 11.1. The molecule has 1 aromatic rings. The number of hydrogen-bond acceptors (Lipinski definition) is 4. The molecule has 1 aliphatic rings. The van der Waals surface area contributed by atoms with Crippen molar-refractivity contribution in [1.29, 1.82) is 0 Å². The fraction of sp³-hybridized carbons (Fsp3) is 0.692. The number of rotatable bonds is 5. The van der Waals surface area contributed by atoms with Crippen LogP contribution >= 0.6 is 0 Å². The average Bonchev–Trinajstić information content (AvgIpc) is 2.71. The Morgan fingerprint density at radius 3 is 3.05 bits per heavy atom. The van der Waals surface area contributed by atoms with Crippen molar-refractivity contribution in [3.05, 3.63) is 17.5 Å². The Balaban J connectivity index is 1.85. The highest BCUT2D eigenvalue weighted by atomic mass is 16.4. The molecule has 1 aromatic heterocycles. The number of likely N-dealkylation sites (tertiary alicyclic amines) is 1. The second-order valence-corrected chi connectivity index (χ2v) is 5.34. The molecule has 1 fully saturated rings. The minimum atomic E-state index is -0.915. The van der Waals surface area contributed by atoms with E-state index in [9.17, 15) is 4.79 Å². The molecule has 19 heavy (non-hydrogen) atoms. The first kappa shape index (κ1) is 14.0. The van der Waals surface area contributed by atoms with Crippen LogP contribution in [0.2, 0.25) is 0 Å². The first-order chi connectivity index (χ1) is 9.08. The van der Waals surface area contributed by atoms with E-state index in [1.165, 1.54) is 25.6 Å². The van der Waals surface area contributed by atoms with E-state index in [4.69, 9.17) is 5.11 Å². The van der Waals surface area contributed by atoms with Gasteiger partial charge in [0.15, 0.2) is 0 Å². The molecule has 0 radical (unpaired) electrons. The lowest BCUT2D eigenvalue weighted by Crippen LogP contribution is -2.37. The molecule has 1 saturated heterocycles. The minimum Gasteiger partial charge on any atom is -0.478 e. The summed E-state index contributed by atoms with van der Waals surface area (Å²) < 4.78 is 1.63. The molecule has 0 aliphatic carbocycles. The minimum absolute atomic E-state index is 0.288. The molecule has 6 heteroatoms. The molecule has 0 saturated carbocycles. The van der Waals surface area contributed by atoms with Gasteiger partial charge in [-0.15, -0.1) is 0 Å². The molecule has 1 unspecified atom stereocenters. The van der Waals surface area contributed by atoms with Gasteiger partial charge in [0, 0.05) is 20.1 Å². The summed E-state index contributed by atoms with van der Waals surface area (Å²) in [6.07, 6.45) is 3.90. The number of carboxylic acid groups (broad SMARTS) is 1. The molecule has 2 N–H and O–H groups in total. The van der Waals surface area contributed by atoms with Crippen molar-refractivity contribution in [2.75, 3.05) is 26.7 Å². The molecule has 0 spiro atoms. The molecule has 106 valence electrons. The molecule has 2 rings (SSSR count). The van der Waals surface area contributed by atoms with E-state index in [1.807, 2.05) is 0 Å². The third-order valence-electron chi connectivity index (χ3n) is 3.74. The van der Waals surface area contributed by atoms with E-state index >= 15 is 0 Å². The number of hydrogen-bond donors (Lipinski definition) is 2. The maximum atomic E-state index is 11.1. The summed E-state index contributed by atoms with van der Waals surface area (Å²) in [6, 6.07) is 0. The van der Waals surface area contributed by atoms with Crippen molar-refractivity contribution in [2.24, 2.45) is 13.0 Å². The van der Waals surface area contributed by atoms with Gasteiger partial charge in [0.25, 0.3) is 0 Å². The first-order valence-corrected chi connectivity index (χ1v) is 6.71. The fourth-order valence-electron chi connectivity index (χ4n) is 2.69. The number of aromatic nitrogens is 2. The van der Waals surface area contributed by atoms with Crippen molar-refractivity contribution in [3.63, 3.8) is 0 Å². The van der Waals surface area contributed by atoms with Crippen LogP contribution in [0.5, 0.6) is 0 Å². The van der Waals surface area contributed by atoms with Gasteiger partial charge in [-0.05, 0) is 38.9 Å². The van der Waals surface area contributed by atoms with E-state index in [-0.39, 0.29) is 5.56 Å². The number of piperidine rings is 1. The van der Waals surface area contributed by atoms with Crippen molar-refractivity contribution in [1.82, 2.24) is 20.0 Å².